The predicted molar refractivity (Wildman–Crippen MR) is 109 cm³/mol. The highest BCUT2D eigenvalue weighted by atomic mass is 32.5. The van der Waals surface area contributed by atoms with Crippen molar-refractivity contribution in [3.8, 4) is 0 Å². The maximum absolute atomic E-state index is 13.1. The minimum atomic E-state index is -9.87. The van der Waals surface area contributed by atoms with Gasteiger partial charge in [-0.2, -0.15) is 0 Å². The van der Waals surface area contributed by atoms with Crippen molar-refractivity contribution in [1.29, 1.82) is 0 Å². The molecule has 31 heavy (non-hydrogen) atoms. The second-order valence-electron chi connectivity index (χ2n) is 7.65. The number of carbonyl (C=O) groups is 2. The van der Waals surface area contributed by atoms with Crippen molar-refractivity contribution in [3.05, 3.63) is 52.7 Å². The lowest BCUT2D eigenvalue weighted by atomic mass is 10.0. The van der Waals surface area contributed by atoms with Gasteiger partial charge in [-0.1, -0.05) is 32.1 Å². The van der Waals surface area contributed by atoms with Gasteiger partial charge in [-0.15, -0.1) is 0 Å². The van der Waals surface area contributed by atoms with Gasteiger partial charge < -0.3 is 4.90 Å². The first-order valence-corrected chi connectivity index (χ1v) is 11.0. The number of pyridine rings is 1. The molecule has 0 atom stereocenters. The normalized spacial score (nSPS) is 19.5. The number of nitrogens with zero attached hydrogens (tertiary/aromatic N) is 3. The summed E-state index contributed by atoms with van der Waals surface area (Å²) in [4.78, 5) is 29.9. The summed E-state index contributed by atoms with van der Waals surface area (Å²) in [5.41, 5.74) is -0.883. The van der Waals surface area contributed by atoms with Crippen LogP contribution in [0.15, 0.2) is 41.4 Å². The summed E-state index contributed by atoms with van der Waals surface area (Å²) in [6.45, 7) is 8.61. The van der Waals surface area contributed by atoms with E-state index in [1.54, 1.807) is 19.1 Å². The number of anilines is 1. The number of hydrogen-bond donors (Lipinski definition) is 0. The molecule has 0 spiro atoms. The fourth-order valence-electron chi connectivity index (χ4n) is 3.40. The van der Waals surface area contributed by atoms with E-state index in [0.29, 0.717) is 33.2 Å². The summed E-state index contributed by atoms with van der Waals surface area (Å²) in [5.74, 6) is -0.691. The maximum atomic E-state index is 13.1. The van der Waals surface area contributed by atoms with Crippen LogP contribution in [0.25, 0.3) is 12.7 Å². The number of halogens is 5. The van der Waals surface area contributed by atoms with E-state index in [0.717, 1.165) is 0 Å². The van der Waals surface area contributed by atoms with E-state index in [9.17, 15) is 29.0 Å². The minimum absolute atomic E-state index is 0.0162. The molecule has 2 aromatic rings. The number of hydrogen-bond acceptors (Lipinski definition) is 3. The molecule has 1 saturated heterocycles. The lowest BCUT2D eigenvalue weighted by Crippen LogP contribution is -2.45. The van der Waals surface area contributed by atoms with Gasteiger partial charge in [-0.3, -0.25) is 9.78 Å². The van der Waals surface area contributed by atoms with Gasteiger partial charge in [0.25, 0.3) is 5.91 Å². The zero-order valence-corrected chi connectivity index (χ0v) is 17.7. The molecule has 0 unspecified atom stereocenters. The van der Waals surface area contributed by atoms with Crippen LogP contribution in [0.4, 0.5) is 29.9 Å². The quantitative estimate of drug-likeness (QED) is 0.490. The van der Waals surface area contributed by atoms with E-state index < -0.39 is 32.6 Å². The number of imide groups is 1. The Bertz CT molecular complexity index is 1200. The van der Waals surface area contributed by atoms with Gasteiger partial charge in [0.05, 0.1) is 11.0 Å². The van der Waals surface area contributed by atoms with Gasteiger partial charge >= 0.3 is 16.3 Å². The lowest BCUT2D eigenvalue weighted by Gasteiger charge is -2.40. The molecule has 1 fully saturated rings. The molecule has 0 aliphatic carbocycles. The molecule has 5 nitrogen and oxygen atoms in total. The maximum Gasteiger partial charge on any atom is 0.332 e. The van der Waals surface area contributed by atoms with Gasteiger partial charge in [0, 0.05) is 18.0 Å². The van der Waals surface area contributed by atoms with Crippen LogP contribution in [-0.2, 0) is 11.3 Å². The van der Waals surface area contributed by atoms with Crippen LogP contribution in [-0.4, -0.2) is 27.4 Å². The summed E-state index contributed by atoms with van der Waals surface area (Å²) < 4.78 is 64.9. The smallest absolute Gasteiger partial charge is 0.305 e. The molecule has 0 saturated carbocycles. The van der Waals surface area contributed by atoms with Crippen molar-refractivity contribution in [2.24, 2.45) is 0 Å². The first-order valence-electron chi connectivity index (χ1n) is 9.07. The third kappa shape index (κ3) is 4.01. The topological polar surface area (TPSA) is 53.5 Å². The molecular formula is C20H20F5N3O2S. The number of benzene rings is 1. The van der Waals surface area contributed by atoms with E-state index in [1.165, 1.54) is 24.9 Å². The van der Waals surface area contributed by atoms with E-state index in [4.69, 9.17) is 0 Å². The summed E-state index contributed by atoms with van der Waals surface area (Å²) in [6.07, 6.45) is 3.27. The molecule has 11 heteroatoms. The average Bonchev–Trinajstić information content (AvgIpc) is 2.80. The van der Waals surface area contributed by atoms with Crippen molar-refractivity contribution >= 4 is 40.5 Å². The van der Waals surface area contributed by atoms with Crippen LogP contribution in [0.5, 0.6) is 0 Å². The number of aromatic nitrogens is 1. The van der Waals surface area contributed by atoms with Gasteiger partial charge in [-0.25, -0.2) is 9.69 Å². The van der Waals surface area contributed by atoms with E-state index >= 15 is 0 Å². The fraction of sp³-hybridized carbons (Fsp3) is 0.250. The highest BCUT2D eigenvalue weighted by molar-refractivity contribution is 8.45. The molecule has 168 valence electrons. The standard InChI is InChI=1S/C20H20F5N3O2S/c1-5-17-13(2)26-11-10-14(17)12-27-19(30)28(18(29)20(27,3)4)15-6-8-16(9-7-15)31(21,22,23,24)25/h5-11H,2,12H2,1,3-4H3/b17-5+. The molecular weight excluding hydrogens is 441 g/mol. The number of carbonyl (C=O) groups excluding carboxylic acids is 2. The first kappa shape index (κ1) is 22.7. The Balaban J connectivity index is 2.01. The Labute approximate surface area is 175 Å². The van der Waals surface area contributed by atoms with Gasteiger partial charge in [0.1, 0.15) is 10.4 Å². The fourth-order valence-corrected chi connectivity index (χ4v) is 4.05. The molecule has 3 rings (SSSR count). The van der Waals surface area contributed by atoms with Crippen LogP contribution in [0.1, 0.15) is 26.3 Å². The van der Waals surface area contributed by atoms with Crippen molar-refractivity contribution in [1.82, 2.24) is 9.88 Å². The van der Waals surface area contributed by atoms with E-state index in [1.807, 2.05) is 0 Å². The van der Waals surface area contributed by atoms with Crippen LogP contribution >= 0.6 is 10.2 Å². The number of amides is 3. The molecule has 1 aromatic heterocycles. The van der Waals surface area contributed by atoms with Crippen LogP contribution in [0, 0.1) is 0 Å². The Hall–Kier alpha value is -2.95. The van der Waals surface area contributed by atoms with Gasteiger partial charge in [-0.05, 0) is 56.7 Å². The SMILES string of the molecule is C=c1nccc(CN2C(=O)N(c3ccc(S(F)(F)(F)(F)F)cc3)C(=O)C2(C)C)/c1=C/C. The van der Waals surface area contributed by atoms with Crippen molar-refractivity contribution < 1.29 is 29.0 Å². The van der Waals surface area contributed by atoms with Crippen molar-refractivity contribution in [3.63, 3.8) is 0 Å². The third-order valence-corrected chi connectivity index (χ3v) is 6.31. The average molecular weight is 461 g/mol. The lowest BCUT2D eigenvalue weighted by molar-refractivity contribution is -0.123. The number of rotatable bonds is 4. The summed E-state index contributed by atoms with van der Waals surface area (Å²) in [5, 5.41) is 1.18. The Kier molecular flexibility index (Phi) is 4.61. The summed E-state index contributed by atoms with van der Waals surface area (Å²) >= 11 is 0. The zero-order chi connectivity index (χ0) is 23.5. The molecule has 0 N–H and O–H groups in total. The summed E-state index contributed by atoms with van der Waals surface area (Å²) in [6, 6.07) is 2.62. The van der Waals surface area contributed by atoms with Crippen LogP contribution < -0.4 is 15.5 Å². The summed E-state index contributed by atoms with van der Waals surface area (Å²) in [7, 11) is -9.87. The Morgan fingerprint density at radius 1 is 1.06 bits per heavy atom. The highest BCUT2D eigenvalue weighted by Crippen LogP contribution is 3.02. The first-order chi connectivity index (χ1) is 14.0. The molecule has 3 amide bonds. The molecule has 1 aromatic carbocycles. The van der Waals surface area contributed by atoms with E-state index in [2.05, 4.69) is 11.6 Å². The minimum Gasteiger partial charge on any atom is -0.305 e. The van der Waals surface area contributed by atoms with Gasteiger partial charge in [0.15, 0.2) is 0 Å². The highest BCUT2D eigenvalue weighted by Gasteiger charge is 2.65. The zero-order valence-electron chi connectivity index (χ0n) is 16.9. The number of urea groups is 1. The van der Waals surface area contributed by atoms with Gasteiger partial charge in [0.2, 0.25) is 0 Å². The Morgan fingerprint density at radius 3 is 2.16 bits per heavy atom. The van der Waals surface area contributed by atoms with Crippen LogP contribution in [0.2, 0.25) is 0 Å². The van der Waals surface area contributed by atoms with Crippen molar-refractivity contribution in [2.75, 3.05) is 4.90 Å². The second kappa shape index (κ2) is 6.28. The molecule has 1 aliphatic heterocycles. The molecule has 0 radical (unpaired) electrons. The largest absolute Gasteiger partial charge is 0.332 e. The second-order valence-corrected chi connectivity index (χ2v) is 10.1. The molecule has 1 aliphatic rings. The predicted octanol–water partition coefficient (Wildman–Crippen LogP) is 4.70. The Morgan fingerprint density at radius 2 is 1.65 bits per heavy atom. The van der Waals surface area contributed by atoms with E-state index in [-0.39, 0.29) is 24.4 Å². The molecule has 2 heterocycles. The van der Waals surface area contributed by atoms with Crippen molar-refractivity contribution in [2.45, 2.75) is 37.8 Å². The monoisotopic (exact) mass is 461 g/mol. The third-order valence-electron chi connectivity index (χ3n) is 5.14. The van der Waals surface area contributed by atoms with Crippen LogP contribution in [0.3, 0.4) is 0 Å². The molecule has 0 bridgehead atoms.